The maximum absolute atomic E-state index is 11.4. The smallest absolute Gasteiger partial charge is 0.211 e. The normalized spacial score (nSPS) is 12.2. The van der Waals surface area contributed by atoms with Gasteiger partial charge in [-0.15, -0.1) is 11.3 Å². The molecule has 0 bridgehead atoms. The van der Waals surface area contributed by atoms with Crippen molar-refractivity contribution in [3.05, 3.63) is 20.8 Å². The standard InChI is InChI=1S/C11H19BrN2O2S2/c1-3-14(18(2,15)16)6-4-5-13-8-11-7-10(12)9-17-11/h7,9,13H,3-6,8H2,1-2H3. The monoisotopic (exact) mass is 354 g/mol. The van der Waals surface area contributed by atoms with Gasteiger partial charge in [-0.05, 0) is 35.0 Å². The molecule has 0 aliphatic heterocycles. The number of thiophene rings is 1. The van der Waals surface area contributed by atoms with Gasteiger partial charge in [0.2, 0.25) is 10.0 Å². The quantitative estimate of drug-likeness (QED) is 0.728. The fourth-order valence-corrected chi connectivity index (χ4v) is 3.95. The first-order valence-electron chi connectivity index (χ1n) is 5.82. The summed E-state index contributed by atoms with van der Waals surface area (Å²) in [6, 6.07) is 2.09. The van der Waals surface area contributed by atoms with Crippen molar-refractivity contribution in [1.82, 2.24) is 9.62 Å². The van der Waals surface area contributed by atoms with Gasteiger partial charge in [-0.2, -0.15) is 0 Å². The van der Waals surface area contributed by atoms with Crippen LogP contribution < -0.4 is 5.32 Å². The number of nitrogens with zero attached hydrogens (tertiary/aromatic N) is 1. The molecule has 4 nitrogen and oxygen atoms in total. The fourth-order valence-electron chi connectivity index (χ4n) is 1.60. The highest BCUT2D eigenvalue weighted by Gasteiger charge is 2.12. The van der Waals surface area contributed by atoms with Gasteiger partial charge in [-0.25, -0.2) is 12.7 Å². The van der Waals surface area contributed by atoms with Crippen LogP contribution in [0.25, 0.3) is 0 Å². The van der Waals surface area contributed by atoms with E-state index in [1.54, 1.807) is 11.3 Å². The van der Waals surface area contributed by atoms with Gasteiger partial charge < -0.3 is 5.32 Å². The van der Waals surface area contributed by atoms with E-state index < -0.39 is 10.0 Å². The summed E-state index contributed by atoms with van der Waals surface area (Å²) in [5.41, 5.74) is 0. The average molecular weight is 355 g/mol. The first kappa shape index (κ1) is 16.1. The predicted octanol–water partition coefficient (Wildman–Crippen LogP) is 2.27. The third kappa shape index (κ3) is 5.79. The van der Waals surface area contributed by atoms with E-state index in [1.807, 2.05) is 6.92 Å². The lowest BCUT2D eigenvalue weighted by atomic mass is 10.4. The molecule has 7 heteroatoms. The molecule has 1 aromatic rings. The Morgan fingerprint density at radius 1 is 1.50 bits per heavy atom. The molecule has 0 unspecified atom stereocenters. The molecule has 0 amide bonds. The van der Waals surface area contributed by atoms with E-state index in [4.69, 9.17) is 0 Å². The highest BCUT2D eigenvalue weighted by Crippen LogP contribution is 2.19. The molecule has 0 saturated carbocycles. The summed E-state index contributed by atoms with van der Waals surface area (Å²) in [6.07, 6.45) is 2.08. The van der Waals surface area contributed by atoms with Crippen LogP contribution in [-0.2, 0) is 16.6 Å². The molecule has 0 atom stereocenters. The van der Waals surface area contributed by atoms with Crippen molar-refractivity contribution in [3.63, 3.8) is 0 Å². The summed E-state index contributed by atoms with van der Waals surface area (Å²) in [5.74, 6) is 0. The Kier molecular flexibility index (Phi) is 6.79. The average Bonchev–Trinajstić information content (AvgIpc) is 2.67. The minimum absolute atomic E-state index is 0.538. The molecular formula is C11H19BrN2O2S2. The summed E-state index contributed by atoms with van der Waals surface area (Å²) in [4.78, 5) is 1.28. The van der Waals surface area contributed by atoms with Crippen LogP contribution in [-0.4, -0.2) is 38.6 Å². The molecule has 1 aromatic heterocycles. The fraction of sp³-hybridized carbons (Fsp3) is 0.636. The zero-order valence-corrected chi connectivity index (χ0v) is 13.9. The Morgan fingerprint density at radius 2 is 2.22 bits per heavy atom. The van der Waals surface area contributed by atoms with Gasteiger partial charge >= 0.3 is 0 Å². The molecule has 0 aliphatic carbocycles. The Hall–Kier alpha value is 0.0500. The first-order valence-corrected chi connectivity index (χ1v) is 9.34. The van der Waals surface area contributed by atoms with E-state index in [0.29, 0.717) is 13.1 Å². The van der Waals surface area contributed by atoms with Gasteiger partial charge in [0.15, 0.2) is 0 Å². The van der Waals surface area contributed by atoms with Gasteiger partial charge in [0, 0.05) is 34.4 Å². The second-order valence-corrected chi connectivity index (χ2v) is 7.91. The number of rotatable bonds is 8. The molecule has 18 heavy (non-hydrogen) atoms. The minimum Gasteiger partial charge on any atom is -0.312 e. The summed E-state index contributed by atoms with van der Waals surface area (Å²) >= 11 is 5.12. The van der Waals surface area contributed by atoms with E-state index in [1.165, 1.54) is 15.4 Å². The van der Waals surface area contributed by atoms with E-state index in [9.17, 15) is 8.42 Å². The lowest BCUT2D eigenvalue weighted by molar-refractivity contribution is 0.419. The van der Waals surface area contributed by atoms with E-state index in [0.717, 1.165) is 24.0 Å². The van der Waals surface area contributed by atoms with Crippen LogP contribution in [0.5, 0.6) is 0 Å². The Morgan fingerprint density at radius 3 is 2.72 bits per heavy atom. The van der Waals surface area contributed by atoms with Crippen LogP contribution in [0, 0.1) is 0 Å². The second kappa shape index (κ2) is 7.59. The van der Waals surface area contributed by atoms with E-state index in [-0.39, 0.29) is 0 Å². The molecule has 0 radical (unpaired) electrons. The van der Waals surface area contributed by atoms with Gasteiger partial charge in [-0.1, -0.05) is 6.92 Å². The van der Waals surface area contributed by atoms with Crippen LogP contribution in [0.3, 0.4) is 0 Å². The zero-order chi connectivity index (χ0) is 13.6. The molecule has 0 spiro atoms. The third-order valence-corrected chi connectivity index (χ3v) is 5.58. The van der Waals surface area contributed by atoms with Gasteiger partial charge in [0.05, 0.1) is 6.26 Å². The van der Waals surface area contributed by atoms with E-state index >= 15 is 0 Å². The summed E-state index contributed by atoms with van der Waals surface area (Å²) in [7, 11) is -3.05. The van der Waals surface area contributed by atoms with Gasteiger partial charge in [0.25, 0.3) is 0 Å². The lowest BCUT2D eigenvalue weighted by Crippen LogP contribution is -2.32. The van der Waals surface area contributed by atoms with Gasteiger partial charge in [0.1, 0.15) is 0 Å². The first-order chi connectivity index (χ1) is 8.43. The molecule has 1 heterocycles. The highest BCUT2D eigenvalue weighted by atomic mass is 79.9. The van der Waals surface area contributed by atoms with Crippen molar-refractivity contribution in [3.8, 4) is 0 Å². The number of hydrogen-bond donors (Lipinski definition) is 1. The van der Waals surface area contributed by atoms with E-state index in [2.05, 4.69) is 32.7 Å². The second-order valence-electron chi connectivity index (χ2n) is 4.02. The van der Waals surface area contributed by atoms with Crippen LogP contribution in [0.2, 0.25) is 0 Å². The van der Waals surface area contributed by atoms with Crippen molar-refractivity contribution in [2.24, 2.45) is 0 Å². The summed E-state index contributed by atoms with van der Waals surface area (Å²) in [6.45, 7) is 4.63. The van der Waals surface area contributed by atoms with Crippen LogP contribution >= 0.6 is 27.3 Å². The van der Waals surface area contributed by atoms with Crippen LogP contribution in [0.1, 0.15) is 18.2 Å². The Balaban J connectivity index is 2.19. The molecule has 0 fully saturated rings. The highest BCUT2D eigenvalue weighted by molar-refractivity contribution is 9.10. The zero-order valence-electron chi connectivity index (χ0n) is 10.6. The van der Waals surface area contributed by atoms with Crippen LogP contribution in [0.4, 0.5) is 0 Å². The molecule has 0 aromatic carbocycles. The van der Waals surface area contributed by atoms with Crippen molar-refractivity contribution < 1.29 is 8.42 Å². The molecular weight excluding hydrogens is 336 g/mol. The van der Waals surface area contributed by atoms with Crippen molar-refractivity contribution >= 4 is 37.3 Å². The summed E-state index contributed by atoms with van der Waals surface area (Å²) in [5, 5.41) is 5.37. The maximum Gasteiger partial charge on any atom is 0.211 e. The number of halogens is 1. The topological polar surface area (TPSA) is 49.4 Å². The number of hydrogen-bond acceptors (Lipinski definition) is 4. The number of nitrogens with one attached hydrogen (secondary N) is 1. The van der Waals surface area contributed by atoms with Crippen molar-refractivity contribution in [2.45, 2.75) is 19.9 Å². The molecule has 104 valence electrons. The molecule has 1 N–H and O–H groups in total. The third-order valence-electron chi connectivity index (χ3n) is 2.50. The van der Waals surface area contributed by atoms with Crippen molar-refractivity contribution in [1.29, 1.82) is 0 Å². The largest absolute Gasteiger partial charge is 0.312 e. The molecule has 0 saturated heterocycles. The predicted molar refractivity (Wildman–Crippen MR) is 80.4 cm³/mol. The van der Waals surface area contributed by atoms with Gasteiger partial charge in [-0.3, -0.25) is 0 Å². The number of sulfonamides is 1. The Labute approximate surface area is 122 Å². The SMILES string of the molecule is CCN(CCCNCc1cc(Br)cs1)S(C)(=O)=O. The summed E-state index contributed by atoms with van der Waals surface area (Å²) < 4.78 is 25.3. The molecule has 1 rings (SSSR count). The van der Waals surface area contributed by atoms with Crippen molar-refractivity contribution in [2.75, 3.05) is 25.9 Å². The molecule has 0 aliphatic rings. The Bertz CT molecular complexity index is 459. The maximum atomic E-state index is 11.4. The minimum atomic E-state index is -3.05. The lowest BCUT2D eigenvalue weighted by Gasteiger charge is -2.17. The van der Waals surface area contributed by atoms with Crippen LogP contribution in [0.15, 0.2) is 15.9 Å².